The molecule has 3 aromatic rings. The second kappa shape index (κ2) is 11.7. The van der Waals surface area contributed by atoms with E-state index in [-0.39, 0.29) is 34.8 Å². The summed E-state index contributed by atoms with van der Waals surface area (Å²) >= 11 is 6.12. The van der Waals surface area contributed by atoms with Gasteiger partial charge in [-0.1, -0.05) is 48.0 Å². The van der Waals surface area contributed by atoms with Crippen molar-refractivity contribution in [1.29, 1.82) is 0 Å². The van der Waals surface area contributed by atoms with Gasteiger partial charge in [-0.2, -0.15) is 23.1 Å². The van der Waals surface area contributed by atoms with E-state index >= 15 is 0 Å². The van der Waals surface area contributed by atoms with E-state index in [9.17, 15) is 18.0 Å². The second-order valence-electron chi connectivity index (χ2n) is 10.4. The number of nitrogens with zero attached hydrogens (tertiary/aromatic N) is 3. The van der Waals surface area contributed by atoms with Gasteiger partial charge in [-0.05, 0) is 54.9 Å². The fraction of sp³-hybridized carbons (Fsp3) is 0.414. The van der Waals surface area contributed by atoms with Gasteiger partial charge in [0, 0.05) is 36.3 Å². The minimum absolute atomic E-state index is 0.0583. The molecule has 2 saturated heterocycles. The summed E-state index contributed by atoms with van der Waals surface area (Å²) in [5, 5.41) is 3.68. The molecule has 0 saturated carbocycles. The van der Waals surface area contributed by atoms with Crippen LogP contribution in [0.15, 0.2) is 54.6 Å². The highest BCUT2D eigenvalue weighted by atomic mass is 35.5. The Morgan fingerprint density at radius 1 is 1.17 bits per heavy atom. The van der Waals surface area contributed by atoms with Crippen LogP contribution in [0.3, 0.4) is 0 Å². The van der Waals surface area contributed by atoms with Gasteiger partial charge < -0.3 is 25.4 Å². The third kappa shape index (κ3) is 6.51. The van der Waals surface area contributed by atoms with Gasteiger partial charge in [0.2, 0.25) is 17.9 Å². The van der Waals surface area contributed by atoms with Crippen LogP contribution in [-0.2, 0) is 9.53 Å². The molecule has 5 rings (SSSR count). The van der Waals surface area contributed by atoms with Crippen molar-refractivity contribution >= 4 is 29.3 Å². The van der Waals surface area contributed by atoms with Gasteiger partial charge in [0.15, 0.2) is 0 Å². The van der Waals surface area contributed by atoms with Crippen LogP contribution in [0.2, 0.25) is 5.02 Å². The third-order valence-corrected chi connectivity index (χ3v) is 7.94. The lowest BCUT2D eigenvalue weighted by Crippen LogP contribution is -2.41. The summed E-state index contributed by atoms with van der Waals surface area (Å²) in [4.78, 5) is 22.4. The minimum atomic E-state index is -4.75. The fourth-order valence-electron chi connectivity index (χ4n) is 5.64. The average molecular weight is 590 g/mol. The molecule has 2 fully saturated rings. The summed E-state index contributed by atoms with van der Waals surface area (Å²) in [6, 6.07) is 13.8. The zero-order valence-corrected chi connectivity index (χ0v) is 23.2. The van der Waals surface area contributed by atoms with Crippen molar-refractivity contribution in [3.63, 3.8) is 0 Å². The number of benzene rings is 2. The van der Waals surface area contributed by atoms with Crippen LogP contribution in [-0.4, -0.2) is 54.4 Å². The van der Waals surface area contributed by atoms with Crippen molar-refractivity contribution in [3.05, 3.63) is 65.2 Å². The van der Waals surface area contributed by atoms with Gasteiger partial charge in [-0.25, -0.2) is 0 Å². The summed E-state index contributed by atoms with van der Waals surface area (Å²) < 4.78 is 54.1. The molecule has 0 aliphatic carbocycles. The summed E-state index contributed by atoms with van der Waals surface area (Å²) in [6.45, 7) is 3.99. The summed E-state index contributed by atoms with van der Waals surface area (Å²) in [7, 11) is 0. The monoisotopic (exact) mass is 589 g/mol. The molecule has 0 unspecified atom stereocenters. The SMILES string of the molecule is CCOC(=O)[C@@H]1CC2(CCN(c3cc(O[C@H](c4ccccc4-c4cccc(Cl)c4)C(F)(F)F)nc(N)n3)CC2)CN1. The van der Waals surface area contributed by atoms with Crippen molar-refractivity contribution in [2.75, 3.05) is 36.9 Å². The van der Waals surface area contributed by atoms with Crippen molar-refractivity contribution < 1.29 is 27.4 Å². The van der Waals surface area contributed by atoms with Crippen LogP contribution in [0, 0.1) is 5.41 Å². The lowest BCUT2D eigenvalue weighted by Gasteiger charge is -2.39. The number of esters is 1. The Hall–Kier alpha value is -3.57. The maximum Gasteiger partial charge on any atom is 0.429 e. The molecular formula is C29H31ClF3N5O3. The first-order valence-electron chi connectivity index (χ1n) is 13.4. The van der Waals surface area contributed by atoms with Crippen molar-refractivity contribution in [2.24, 2.45) is 5.41 Å². The maximum atomic E-state index is 14.5. The Morgan fingerprint density at radius 2 is 1.93 bits per heavy atom. The number of alkyl halides is 3. The number of carbonyl (C=O) groups is 1. The van der Waals surface area contributed by atoms with Gasteiger partial charge in [-0.3, -0.25) is 4.79 Å². The molecule has 8 nitrogen and oxygen atoms in total. The van der Waals surface area contributed by atoms with Crippen LogP contribution in [0.4, 0.5) is 24.9 Å². The van der Waals surface area contributed by atoms with Crippen LogP contribution in [0.5, 0.6) is 5.88 Å². The normalized spacial score (nSPS) is 19.2. The Labute approximate surface area is 241 Å². The Morgan fingerprint density at radius 3 is 2.63 bits per heavy atom. The van der Waals surface area contributed by atoms with Crippen LogP contribution in [0.25, 0.3) is 11.1 Å². The number of anilines is 2. The standard InChI is InChI=1S/C29H31ClF3N5O3/c1-2-40-26(39)22-16-28(17-35-22)10-12-38(13-11-28)23-15-24(37-27(34)36-23)41-25(29(31,32)33)21-9-4-3-8-20(21)18-6-5-7-19(30)14-18/h3-9,14-15,22,25,35H,2,10-13,16-17H2,1H3,(H2,34,36,37)/t22-,25+/m0/s1. The summed E-state index contributed by atoms with van der Waals surface area (Å²) in [6.07, 6.45) is -4.84. The number of nitrogens with one attached hydrogen (secondary N) is 1. The van der Waals surface area contributed by atoms with E-state index in [2.05, 4.69) is 15.3 Å². The molecule has 0 bridgehead atoms. The van der Waals surface area contributed by atoms with Crippen molar-refractivity contribution in [2.45, 2.75) is 44.5 Å². The van der Waals surface area contributed by atoms with E-state index in [1.807, 2.05) is 4.90 Å². The molecule has 3 heterocycles. The molecule has 2 aliphatic heterocycles. The average Bonchev–Trinajstić information content (AvgIpc) is 3.35. The highest BCUT2D eigenvalue weighted by Crippen LogP contribution is 2.43. The van der Waals surface area contributed by atoms with E-state index in [1.54, 1.807) is 43.3 Å². The molecule has 2 atom stereocenters. The quantitative estimate of drug-likeness (QED) is 0.345. The zero-order valence-electron chi connectivity index (χ0n) is 22.5. The highest BCUT2D eigenvalue weighted by Gasteiger charge is 2.46. The number of halogens is 4. The number of rotatable bonds is 7. The molecule has 2 aliphatic rings. The molecule has 3 N–H and O–H groups in total. The lowest BCUT2D eigenvalue weighted by atomic mass is 9.76. The Bertz CT molecular complexity index is 1400. The number of ether oxygens (including phenoxy) is 2. The summed E-state index contributed by atoms with van der Waals surface area (Å²) in [5.74, 6) is -0.319. The number of nitrogens with two attached hydrogens (primary N) is 1. The largest absolute Gasteiger partial charge is 0.465 e. The molecule has 1 spiro atoms. The molecular weight excluding hydrogens is 559 g/mol. The maximum absolute atomic E-state index is 14.5. The van der Waals surface area contributed by atoms with Gasteiger partial charge in [0.05, 0.1) is 6.61 Å². The van der Waals surface area contributed by atoms with Gasteiger partial charge in [0.1, 0.15) is 11.9 Å². The third-order valence-electron chi connectivity index (χ3n) is 7.70. The molecule has 0 amide bonds. The zero-order chi connectivity index (χ0) is 29.2. The number of aromatic nitrogens is 2. The van der Waals surface area contributed by atoms with Crippen LogP contribution in [0.1, 0.15) is 37.9 Å². The number of carbonyl (C=O) groups excluding carboxylic acids is 1. The first-order chi connectivity index (χ1) is 19.6. The van der Waals surface area contributed by atoms with Gasteiger partial charge in [-0.15, -0.1) is 0 Å². The topological polar surface area (TPSA) is 103 Å². The molecule has 1 aromatic heterocycles. The second-order valence-corrected chi connectivity index (χ2v) is 10.9. The first kappa shape index (κ1) is 28.9. The summed E-state index contributed by atoms with van der Waals surface area (Å²) in [5.41, 5.74) is 6.67. The van der Waals surface area contributed by atoms with Crippen LogP contribution < -0.4 is 20.7 Å². The molecule has 0 radical (unpaired) electrons. The number of nitrogen functional groups attached to an aromatic ring is 1. The predicted molar refractivity (Wildman–Crippen MR) is 150 cm³/mol. The van der Waals surface area contributed by atoms with E-state index in [4.69, 9.17) is 26.8 Å². The van der Waals surface area contributed by atoms with E-state index in [0.29, 0.717) is 54.6 Å². The number of piperidine rings is 1. The Kier molecular flexibility index (Phi) is 8.28. The molecule has 2 aromatic carbocycles. The van der Waals surface area contributed by atoms with E-state index < -0.39 is 12.3 Å². The van der Waals surface area contributed by atoms with E-state index in [1.165, 1.54) is 18.2 Å². The fourth-order valence-corrected chi connectivity index (χ4v) is 5.83. The smallest absolute Gasteiger partial charge is 0.429 e. The van der Waals surface area contributed by atoms with E-state index in [0.717, 1.165) is 12.8 Å². The lowest BCUT2D eigenvalue weighted by molar-refractivity contribution is -0.198. The molecule has 12 heteroatoms. The minimum Gasteiger partial charge on any atom is -0.465 e. The molecule has 218 valence electrons. The number of hydrogen-bond donors (Lipinski definition) is 2. The number of hydrogen-bond acceptors (Lipinski definition) is 8. The van der Waals surface area contributed by atoms with Crippen molar-refractivity contribution in [3.8, 4) is 17.0 Å². The van der Waals surface area contributed by atoms with Crippen LogP contribution >= 0.6 is 11.6 Å². The van der Waals surface area contributed by atoms with Gasteiger partial charge in [0.25, 0.3) is 0 Å². The predicted octanol–water partition coefficient (Wildman–Crippen LogP) is 5.57. The van der Waals surface area contributed by atoms with Crippen molar-refractivity contribution in [1.82, 2.24) is 15.3 Å². The Balaban J connectivity index is 1.36. The van der Waals surface area contributed by atoms with Gasteiger partial charge >= 0.3 is 12.1 Å². The highest BCUT2D eigenvalue weighted by molar-refractivity contribution is 6.30. The molecule has 41 heavy (non-hydrogen) atoms. The first-order valence-corrected chi connectivity index (χ1v) is 13.8.